The zero-order valence-electron chi connectivity index (χ0n) is 15.2. The summed E-state index contributed by atoms with van der Waals surface area (Å²) in [6.45, 7) is 5.62. The van der Waals surface area contributed by atoms with Crippen molar-refractivity contribution in [3.63, 3.8) is 0 Å². The number of hydrogen-bond donors (Lipinski definition) is 1. The molecule has 1 aromatic heterocycles. The van der Waals surface area contributed by atoms with Crippen LogP contribution in [-0.4, -0.2) is 62.9 Å². The summed E-state index contributed by atoms with van der Waals surface area (Å²) in [4.78, 5) is 9.20. The molecule has 1 aromatic rings. The zero-order chi connectivity index (χ0) is 16.8. The van der Waals surface area contributed by atoms with E-state index in [1.807, 2.05) is 25.2 Å². The van der Waals surface area contributed by atoms with Crippen molar-refractivity contribution in [3.05, 3.63) is 18.3 Å². The Labute approximate surface area is 146 Å². The highest BCUT2D eigenvalue weighted by Gasteiger charge is 2.21. The van der Waals surface area contributed by atoms with Crippen molar-refractivity contribution in [2.45, 2.75) is 38.1 Å². The van der Waals surface area contributed by atoms with Gasteiger partial charge in [-0.1, -0.05) is 0 Å². The number of hydrogen-bond acceptors (Lipinski definition) is 5. The van der Waals surface area contributed by atoms with Crippen molar-refractivity contribution >= 4 is 11.5 Å². The van der Waals surface area contributed by atoms with Crippen LogP contribution < -0.4 is 10.2 Å². The van der Waals surface area contributed by atoms with Crippen LogP contribution in [0.4, 0.5) is 11.5 Å². The summed E-state index contributed by atoms with van der Waals surface area (Å²) in [6.07, 6.45) is 8.19. The Kier molecular flexibility index (Phi) is 6.32. The molecule has 2 aliphatic heterocycles. The number of rotatable bonds is 5. The fourth-order valence-electron chi connectivity index (χ4n) is 3.75. The third-order valence-corrected chi connectivity index (χ3v) is 5.25. The molecule has 2 fully saturated rings. The van der Waals surface area contributed by atoms with Gasteiger partial charge < -0.3 is 19.9 Å². The Balaban J connectivity index is 1.46. The van der Waals surface area contributed by atoms with Crippen LogP contribution in [0.1, 0.15) is 32.1 Å². The van der Waals surface area contributed by atoms with E-state index in [1.54, 1.807) is 0 Å². The topological polar surface area (TPSA) is 40.6 Å². The Bertz CT molecular complexity index is 485. The lowest BCUT2D eigenvalue weighted by Gasteiger charge is -2.29. The fraction of sp³-hybridized carbons (Fsp3) is 0.737. The molecule has 0 aromatic carbocycles. The summed E-state index contributed by atoms with van der Waals surface area (Å²) in [7, 11) is 4.04. The SMILES string of the molecule is CN(C)c1ccc(NC2CCCN(CC3CCOCC3)CC2)cn1. The lowest BCUT2D eigenvalue weighted by molar-refractivity contribution is 0.0529. The molecule has 3 heterocycles. The maximum atomic E-state index is 5.48. The van der Waals surface area contributed by atoms with Crippen LogP contribution >= 0.6 is 0 Å². The highest BCUT2D eigenvalue weighted by molar-refractivity contribution is 5.48. The Morgan fingerprint density at radius 2 is 2.00 bits per heavy atom. The monoisotopic (exact) mass is 332 g/mol. The van der Waals surface area contributed by atoms with Crippen molar-refractivity contribution < 1.29 is 4.74 Å². The van der Waals surface area contributed by atoms with Crippen molar-refractivity contribution in [2.75, 3.05) is 57.2 Å². The van der Waals surface area contributed by atoms with Crippen LogP contribution in [0.3, 0.4) is 0 Å². The lowest BCUT2D eigenvalue weighted by atomic mass is 9.99. The largest absolute Gasteiger partial charge is 0.381 e. The summed E-state index contributed by atoms with van der Waals surface area (Å²) < 4.78 is 5.48. The van der Waals surface area contributed by atoms with E-state index in [9.17, 15) is 0 Å². The highest BCUT2D eigenvalue weighted by Crippen LogP contribution is 2.21. The first-order valence-corrected chi connectivity index (χ1v) is 9.41. The van der Waals surface area contributed by atoms with Crippen LogP contribution in [0, 0.1) is 5.92 Å². The van der Waals surface area contributed by atoms with Gasteiger partial charge in [0, 0.05) is 46.4 Å². The van der Waals surface area contributed by atoms with Crippen molar-refractivity contribution in [3.8, 4) is 0 Å². The number of likely N-dealkylation sites (tertiary alicyclic amines) is 1. The summed E-state index contributed by atoms with van der Waals surface area (Å²) in [6, 6.07) is 4.79. The minimum Gasteiger partial charge on any atom is -0.381 e. The van der Waals surface area contributed by atoms with Gasteiger partial charge in [0.25, 0.3) is 0 Å². The second-order valence-corrected chi connectivity index (χ2v) is 7.43. The normalized spacial score (nSPS) is 23.7. The second kappa shape index (κ2) is 8.67. The molecule has 1 N–H and O–H groups in total. The van der Waals surface area contributed by atoms with E-state index >= 15 is 0 Å². The van der Waals surface area contributed by atoms with E-state index in [2.05, 4.69) is 27.3 Å². The lowest BCUT2D eigenvalue weighted by Crippen LogP contribution is -2.33. The van der Waals surface area contributed by atoms with Gasteiger partial charge in [0.1, 0.15) is 5.82 Å². The van der Waals surface area contributed by atoms with E-state index in [1.165, 1.54) is 51.7 Å². The predicted molar refractivity (Wildman–Crippen MR) is 99.8 cm³/mol. The highest BCUT2D eigenvalue weighted by atomic mass is 16.5. The van der Waals surface area contributed by atoms with E-state index in [4.69, 9.17) is 4.74 Å². The average Bonchev–Trinajstić information content (AvgIpc) is 2.82. The van der Waals surface area contributed by atoms with Crippen LogP contribution in [-0.2, 0) is 4.74 Å². The molecule has 3 rings (SSSR count). The van der Waals surface area contributed by atoms with Gasteiger partial charge in [0.2, 0.25) is 0 Å². The van der Waals surface area contributed by atoms with Crippen molar-refractivity contribution in [1.29, 1.82) is 0 Å². The first-order chi connectivity index (χ1) is 11.7. The first-order valence-electron chi connectivity index (χ1n) is 9.41. The van der Waals surface area contributed by atoms with Crippen LogP contribution in [0.15, 0.2) is 18.3 Å². The molecule has 1 unspecified atom stereocenters. The minimum atomic E-state index is 0.566. The molecule has 0 saturated carbocycles. The molecule has 0 amide bonds. The number of pyridine rings is 1. The van der Waals surface area contributed by atoms with Crippen LogP contribution in [0.25, 0.3) is 0 Å². The van der Waals surface area contributed by atoms with Gasteiger partial charge in [-0.25, -0.2) is 4.98 Å². The molecule has 0 radical (unpaired) electrons. The maximum Gasteiger partial charge on any atom is 0.128 e. The second-order valence-electron chi connectivity index (χ2n) is 7.43. The Morgan fingerprint density at radius 1 is 1.17 bits per heavy atom. The van der Waals surface area contributed by atoms with E-state index in [0.717, 1.165) is 30.6 Å². The summed E-state index contributed by atoms with van der Waals surface area (Å²) in [5, 5.41) is 3.68. The molecule has 2 aliphatic rings. The smallest absolute Gasteiger partial charge is 0.128 e. The molecule has 134 valence electrons. The Hall–Kier alpha value is -1.33. The van der Waals surface area contributed by atoms with Crippen LogP contribution in [0.5, 0.6) is 0 Å². The Morgan fingerprint density at radius 3 is 2.71 bits per heavy atom. The number of nitrogens with zero attached hydrogens (tertiary/aromatic N) is 3. The maximum absolute atomic E-state index is 5.48. The van der Waals surface area contributed by atoms with E-state index in [-0.39, 0.29) is 0 Å². The average molecular weight is 332 g/mol. The molecule has 24 heavy (non-hydrogen) atoms. The minimum absolute atomic E-state index is 0.566. The number of nitrogens with one attached hydrogen (secondary N) is 1. The number of aromatic nitrogens is 1. The summed E-state index contributed by atoms with van der Waals surface area (Å²) in [5.74, 6) is 1.84. The molecular formula is C19H32N4O. The number of ether oxygens (including phenoxy) is 1. The molecule has 2 saturated heterocycles. The van der Waals surface area contributed by atoms with Gasteiger partial charge >= 0.3 is 0 Å². The number of anilines is 2. The van der Waals surface area contributed by atoms with Gasteiger partial charge in [-0.05, 0) is 56.7 Å². The van der Waals surface area contributed by atoms with Gasteiger partial charge in [-0.2, -0.15) is 0 Å². The molecule has 5 heteroatoms. The molecule has 5 nitrogen and oxygen atoms in total. The van der Waals surface area contributed by atoms with E-state index < -0.39 is 0 Å². The molecular weight excluding hydrogens is 300 g/mol. The van der Waals surface area contributed by atoms with Gasteiger partial charge in [0.15, 0.2) is 0 Å². The molecule has 0 aliphatic carbocycles. The zero-order valence-corrected chi connectivity index (χ0v) is 15.2. The van der Waals surface area contributed by atoms with Gasteiger partial charge in [-0.3, -0.25) is 0 Å². The third-order valence-electron chi connectivity index (χ3n) is 5.25. The third kappa shape index (κ3) is 5.08. The van der Waals surface area contributed by atoms with E-state index in [0.29, 0.717) is 6.04 Å². The quantitative estimate of drug-likeness (QED) is 0.898. The molecule has 0 spiro atoms. The van der Waals surface area contributed by atoms with Crippen molar-refractivity contribution in [2.24, 2.45) is 5.92 Å². The summed E-state index contributed by atoms with van der Waals surface area (Å²) in [5.41, 5.74) is 1.14. The van der Waals surface area contributed by atoms with Gasteiger partial charge in [0.05, 0.1) is 11.9 Å². The first kappa shape index (κ1) is 17.5. The van der Waals surface area contributed by atoms with Crippen molar-refractivity contribution in [1.82, 2.24) is 9.88 Å². The van der Waals surface area contributed by atoms with Gasteiger partial charge in [-0.15, -0.1) is 0 Å². The molecule has 0 bridgehead atoms. The van der Waals surface area contributed by atoms with Crippen LogP contribution in [0.2, 0.25) is 0 Å². The standard InChI is InChI=1S/C19H32N4O/c1-22(2)19-6-5-18(14-20-19)21-17-4-3-10-23(11-7-17)15-16-8-12-24-13-9-16/h5-6,14,16-17,21H,3-4,7-13,15H2,1-2H3. The molecule has 1 atom stereocenters. The fourth-order valence-corrected chi connectivity index (χ4v) is 3.75. The predicted octanol–water partition coefficient (Wildman–Crippen LogP) is 2.84. The summed E-state index contributed by atoms with van der Waals surface area (Å²) >= 11 is 0.